The molecule has 0 aliphatic carbocycles. The van der Waals surface area contributed by atoms with Crippen molar-refractivity contribution in [1.82, 2.24) is 5.32 Å². The normalized spacial score (nSPS) is 12.2. The summed E-state index contributed by atoms with van der Waals surface area (Å²) in [6, 6.07) is 0. The zero-order valence-electron chi connectivity index (χ0n) is 13.7. The first kappa shape index (κ1) is 18.9. The Balaban J connectivity index is 3.88. The molecule has 1 amide bonds. The molecule has 0 saturated carbocycles. The fourth-order valence-electron chi connectivity index (χ4n) is 1.88. The number of carbonyl (C=O) groups is 2. The molecule has 0 fully saturated rings. The maximum Gasteiger partial charge on any atom is 0.303 e. The highest BCUT2D eigenvalue weighted by Crippen LogP contribution is 2.19. The predicted octanol–water partition coefficient (Wildman–Crippen LogP) is 1.87. The van der Waals surface area contributed by atoms with Crippen LogP contribution in [0.2, 0.25) is 0 Å². The molecule has 0 aromatic carbocycles. The Bertz CT molecular complexity index is 325. The van der Waals surface area contributed by atoms with Crippen molar-refractivity contribution in [2.45, 2.75) is 46.5 Å². The van der Waals surface area contributed by atoms with E-state index in [9.17, 15) is 9.59 Å². The van der Waals surface area contributed by atoms with E-state index in [1.54, 1.807) is 0 Å². The first-order valence-electron chi connectivity index (χ1n) is 7.43. The number of nitrogens with zero attached hydrogens (tertiary/aromatic N) is 1. The van der Waals surface area contributed by atoms with Gasteiger partial charge in [0.15, 0.2) is 0 Å². The lowest BCUT2D eigenvalue weighted by molar-refractivity contribution is -0.890. The van der Waals surface area contributed by atoms with Gasteiger partial charge in [-0.2, -0.15) is 0 Å². The maximum atomic E-state index is 11.9. The number of nitrogens with one attached hydrogen (secondary N) is 1. The van der Waals surface area contributed by atoms with Gasteiger partial charge in [-0.3, -0.25) is 9.59 Å². The van der Waals surface area contributed by atoms with Gasteiger partial charge in [-0.1, -0.05) is 20.8 Å². The third-order valence-electron chi connectivity index (χ3n) is 3.88. The van der Waals surface area contributed by atoms with Crippen molar-refractivity contribution in [1.29, 1.82) is 0 Å². The molecule has 0 spiro atoms. The highest BCUT2D eigenvalue weighted by molar-refractivity contribution is 5.81. The minimum atomic E-state index is -0.737. The molecular formula is C15H31N2O3+. The molecule has 0 saturated heterocycles. The number of quaternary nitrogens is 1. The van der Waals surface area contributed by atoms with E-state index < -0.39 is 5.97 Å². The van der Waals surface area contributed by atoms with Crippen LogP contribution in [0.4, 0.5) is 0 Å². The Hall–Kier alpha value is -1.10. The van der Waals surface area contributed by atoms with Crippen LogP contribution in [-0.4, -0.2) is 55.2 Å². The molecule has 5 nitrogen and oxygen atoms in total. The first-order chi connectivity index (χ1) is 9.10. The third-order valence-corrected chi connectivity index (χ3v) is 3.88. The van der Waals surface area contributed by atoms with Crippen LogP contribution in [0.15, 0.2) is 0 Å². The maximum absolute atomic E-state index is 11.9. The summed E-state index contributed by atoms with van der Waals surface area (Å²) in [5.74, 6) is -0.629. The molecule has 0 rings (SSSR count). The average molecular weight is 287 g/mol. The predicted molar refractivity (Wildman–Crippen MR) is 80.4 cm³/mol. The van der Waals surface area contributed by atoms with E-state index in [0.29, 0.717) is 13.0 Å². The molecule has 0 aromatic rings. The van der Waals surface area contributed by atoms with Crippen LogP contribution in [0.25, 0.3) is 0 Å². The van der Waals surface area contributed by atoms with Crippen molar-refractivity contribution in [3.05, 3.63) is 0 Å². The second kappa shape index (κ2) is 8.25. The third kappa shape index (κ3) is 8.15. The minimum absolute atomic E-state index is 0.108. The topological polar surface area (TPSA) is 66.4 Å². The molecule has 0 unspecified atom stereocenters. The number of amides is 1. The zero-order chi connectivity index (χ0) is 15.8. The van der Waals surface area contributed by atoms with Gasteiger partial charge < -0.3 is 14.9 Å². The molecular weight excluding hydrogens is 256 g/mol. The highest BCUT2D eigenvalue weighted by atomic mass is 16.4. The van der Waals surface area contributed by atoms with Gasteiger partial charge in [-0.15, -0.1) is 0 Å². The van der Waals surface area contributed by atoms with Gasteiger partial charge in [-0.05, 0) is 6.42 Å². The summed E-state index contributed by atoms with van der Waals surface area (Å²) in [7, 11) is 4.19. The molecule has 118 valence electrons. The standard InChI is InChI=1S/C15H30N2O3/c1-6-15(2,3)14(20)16-10-8-12-17(4,5)11-7-9-13(18)19/h6-12H2,1-5H3,(H-,16,18,19,20)/p+1. The summed E-state index contributed by atoms with van der Waals surface area (Å²) in [4.78, 5) is 22.4. The van der Waals surface area contributed by atoms with Gasteiger partial charge in [0.25, 0.3) is 0 Å². The van der Waals surface area contributed by atoms with Crippen LogP contribution in [0.1, 0.15) is 46.5 Å². The molecule has 20 heavy (non-hydrogen) atoms. The molecule has 2 N–H and O–H groups in total. The minimum Gasteiger partial charge on any atom is -0.481 e. The number of hydrogen-bond donors (Lipinski definition) is 2. The summed E-state index contributed by atoms with van der Waals surface area (Å²) in [5, 5.41) is 11.6. The summed E-state index contributed by atoms with van der Waals surface area (Å²) >= 11 is 0. The summed E-state index contributed by atoms with van der Waals surface area (Å²) < 4.78 is 0.792. The Labute approximate surface area is 122 Å². The zero-order valence-corrected chi connectivity index (χ0v) is 13.7. The smallest absolute Gasteiger partial charge is 0.303 e. The molecule has 0 aliphatic heterocycles. The van der Waals surface area contributed by atoms with Gasteiger partial charge in [0.1, 0.15) is 0 Å². The van der Waals surface area contributed by atoms with E-state index in [-0.39, 0.29) is 17.7 Å². The van der Waals surface area contributed by atoms with Crippen molar-refractivity contribution in [3.63, 3.8) is 0 Å². The van der Waals surface area contributed by atoms with E-state index in [4.69, 9.17) is 5.11 Å². The quantitative estimate of drug-likeness (QED) is 0.476. The molecule has 0 bridgehead atoms. The summed E-state index contributed by atoms with van der Waals surface area (Å²) in [5.41, 5.74) is -0.300. The van der Waals surface area contributed by atoms with E-state index in [2.05, 4.69) is 19.4 Å². The van der Waals surface area contributed by atoms with Crippen LogP contribution in [0.5, 0.6) is 0 Å². The Morgan fingerprint density at radius 3 is 2.20 bits per heavy atom. The molecule has 0 atom stereocenters. The van der Waals surface area contributed by atoms with E-state index >= 15 is 0 Å². The van der Waals surface area contributed by atoms with Crippen LogP contribution >= 0.6 is 0 Å². The lowest BCUT2D eigenvalue weighted by Crippen LogP contribution is -2.43. The van der Waals surface area contributed by atoms with Crippen LogP contribution in [0, 0.1) is 5.41 Å². The summed E-state index contributed by atoms with van der Waals surface area (Å²) in [6.45, 7) is 8.39. The van der Waals surface area contributed by atoms with Gasteiger partial charge in [0.05, 0.1) is 33.6 Å². The van der Waals surface area contributed by atoms with Crippen molar-refractivity contribution in [3.8, 4) is 0 Å². The van der Waals surface area contributed by atoms with Crippen molar-refractivity contribution in [2.75, 3.05) is 33.7 Å². The number of carbonyl (C=O) groups excluding carboxylic acids is 1. The Kier molecular flexibility index (Phi) is 7.79. The second-order valence-electron chi connectivity index (χ2n) is 6.73. The largest absolute Gasteiger partial charge is 0.481 e. The van der Waals surface area contributed by atoms with E-state index in [0.717, 1.165) is 30.4 Å². The number of hydrogen-bond acceptors (Lipinski definition) is 2. The SMILES string of the molecule is CCC(C)(C)C(=O)NCCC[N+](C)(C)CCCC(=O)O. The Morgan fingerprint density at radius 1 is 1.15 bits per heavy atom. The van der Waals surface area contributed by atoms with Crippen molar-refractivity contribution in [2.24, 2.45) is 5.41 Å². The molecule has 0 aliphatic rings. The van der Waals surface area contributed by atoms with E-state index in [1.165, 1.54) is 0 Å². The van der Waals surface area contributed by atoms with Gasteiger partial charge in [0.2, 0.25) is 5.91 Å². The van der Waals surface area contributed by atoms with Gasteiger partial charge >= 0.3 is 5.97 Å². The number of aliphatic carboxylic acids is 1. The lowest BCUT2D eigenvalue weighted by Gasteiger charge is -2.30. The van der Waals surface area contributed by atoms with E-state index in [1.807, 2.05) is 20.8 Å². The van der Waals surface area contributed by atoms with Crippen molar-refractivity contribution >= 4 is 11.9 Å². The molecule has 0 heterocycles. The van der Waals surface area contributed by atoms with Crippen molar-refractivity contribution < 1.29 is 19.2 Å². The van der Waals surface area contributed by atoms with Gasteiger partial charge in [-0.25, -0.2) is 0 Å². The molecule has 0 radical (unpaired) electrons. The molecule has 0 aromatic heterocycles. The fourth-order valence-corrected chi connectivity index (χ4v) is 1.88. The van der Waals surface area contributed by atoms with Crippen LogP contribution in [-0.2, 0) is 9.59 Å². The second-order valence-corrected chi connectivity index (χ2v) is 6.73. The van der Waals surface area contributed by atoms with Crippen LogP contribution < -0.4 is 5.32 Å². The average Bonchev–Trinajstić information content (AvgIpc) is 2.33. The fraction of sp³-hybridized carbons (Fsp3) is 0.867. The van der Waals surface area contributed by atoms with Crippen LogP contribution in [0.3, 0.4) is 0 Å². The lowest BCUT2D eigenvalue weighted by atomic mass is 9.89. The monoisotopic (exact) mass is 287 g/mol. The highest BCUT2D eigenvalue weighted by Gasteiger charge is 2.24. The number of rotatable bonds is 10. The number of carboxylic acid groups (broad SMARTS) is 1. The number of carboxylic acids is 1. The Morgan fingerprint density at radius 2 is 1.70 bits per heavy atom. The molecule has 5 heteroatoms. The van der Waals surface area contributed by atoms with Gasteiger partial charge in [0, 0.05) is 24.8 Å². The summed E-state index contributed by atoms with van der Waals surface area (Å²) in [6.07, 6.45) is 2.65. The first-order valence-corrected chi connectivity index (χ1v) is 7.43.